The molecular weight excluding hydrogens is 214 g/mol. The van der Waals surface area contributed by atoms with E-state index in [0.717, 1.165) is 16.8 Å². The third kappa shape index (κ3) is 2.01. The minimum Gasteiger partial charge on any atom is -0.506 e. The second-order valence-electron chi connectivity index (χ2n) is 4.02. The molecule has 0 spiro atoms. The number of benzene rings is 1. The SMILES string of the molecule is Cc1nc(-c2ccccc2)c(C)c(CO)c1O. The zero-order chi connectivity index (χ0) is 12.4. The van der Waals surface area contributed by atoms with E-state index in [9.17, 15) is 10.2 Å². The topological polar surface area (TPSA) is 53.4 Å². The first kappa shape index (κ1) is 11.6. The molecule has 2 N–H and O–H groups in total. The average molecular weight is 229 g/mol. The minimum absolute atomic E-state index is 0.0877. The van der Waals surface area contributed by atoms with E-state index in [0.29, 0.717) is 11.3 Å². The molecule has 1 heterocycles. The maximum absolute atomic E-state index is 9.83. The number of pyridine rings is 1. The molecule has 0 radical (unpaired) electrons. The predicted molar refractivity (Wildman–Crippen MR) is 66.7 cm³/mol. The van der Waals surface area contributed by atoms with Gasteiger partial charge < -0.3 is 10.2 Å². The molecule has 0 unspecified atom stereocenters. The van der Waals surface area contributed by atoms with Crippen molar-refractivity contribution in [2.45, 2.75) is 20.5 Å². The second kappa shape index (κ2) is 4.55. The van der Waals surface area contributed by atoms with Crippen LogP contribution in [0.2, 0.25) is 0 Å². The molecule has 3 nitrogen and oxygen atoms in total. The fraction of sp³-hybridized carbons (Fsp3) is 0.214. The number of aromatic nitrogens is 1. The van der Waals surface area contributed by atoms with Gasteiger partial charge in [-0.25, -0.2) is 4.98 Å². The van der Waals surface area contributed by atoms with E-state index in [1.54, 1.807) is 6.92 Å². The number of hydrogen-bond acceptors (Lipinski definition) is 3. The molecule has 88 valence electrons. The molecule has 0 saturated carbocycles. The van der Waals surface area contributed by atoms with Crippen molar-refractivity contribution in [2.75, 3.05) is 0 Å². The van der Waals surface area contributed by atoms with E-state index < -0.39 is 0 Å². The summed E-state index contributed by atoms with van der Waals surface area (Å²) in [5, 5.41) is 19.1. The summed E-state index contributed by atoms with van der Waals surface area (Å²) in [5.74, 6) is 0.0877. The molecular formula is C14H15NO2. The highest BCUT2D eigenvalue weighted by Gasteiger charge is 2.14. The van der Waals surface area contributed by atoms with Gasteiger partial charge in [-0.05, 0) is 19.4 Å². The first-order valence-electron chi connectivity index (χ1n) is 5.50. The van der Waals surface area contributed by atoms with E-state index in [1.807, 2.05) is 37.3 Å². The van der Waals surface area contributed by atoms with Gasteiger partial charge in [-0.2, -0.15) is 0 Å². The number of nitrogens with zero attached hydrogens (tertiary/aromatic N) is 1. The lowest BCUT2D eigenvalue weighted by molar-refractivity contribution is 0.274. The number of aromatic hydroxyl groups is 1. The molecule has 0 bridgehead atoms. The molecule has 0 saturated heterocycles. The summed E-state index contributed by atoms with van der Waals surface area (Å²) in [6.07, 6.45) is 0. The Bertz CT molecular complexity index is 536. The lowest BCUT2D eigenvalue weighted by Crippen LogP contribution is -1.99. The Morgan fingerprint density at radius 2 is 1.76 bits per heavy atom. The molecule has 0 aliphatic heterocycles. The first-order valence-corrected chi connectivity index (χ1v) is 5.50. The highest BCUT2D eigenvalue weighted by Crippen LogP contribution is 2.31. The van der Waals surface area contributed by atoms with Gasteiger partial charge in [0.15, 0.2) is 0 Å². The monoisotopic (exact) mass is 229 g/mol. The van der Waals surface area contributed by atoms with Gasteiger partial charge in [0.2, 0.25) is 0 Å². The van der Waals surface area contributed by atoms with Crippen LogP contribution < -0.4 is 0 Å². The molecule has 2 rings (SSSR count). The fourth-order valence-electron chi connectivity index (χ4n) is 1.91. The zero-order valence-corrected chi connectivity index (χ0v) is 9.94. The van der Waals surface area contributed by atoms with Gasteiger partial charge in [-0.15, -0.1) is 0 Å². The quantitative estimate of drug-likeness (QED) is 0.832. The molecule has 1 aromatic carbocycles. The summed E-state index contributed by atoms with van der Waals surface area (Å²) >= 11 is 0. The van der Waals surface area contributed by atoms with E-state index in [4.69, 9.17) is 0 Å². The summed E-state index contributed by atoms with van der Waals surface area (Å²) in [5.41, 5.74) is 3.71. The highest BCUT2D eigenvalue weighted by atomic mass is 16.3. The van der Waals surface area contributed by atoms with Crippen LogP contribution in [-0.4, -0.2) is 15.2 Å². The molecule has 2 aromatic rings. The maximum Gasteiger partial charge on any atom is 0.142 e. The molecule has 0 aliphatic carbocycles. The molecule has 0 fully saturated rings. The van der Waals surface area contributed by atoms with Gasteiger partial charge in [-0.1, -0.05) is 30.3 Å². The maximum atomic E-state index is 9.83. The van der Waals surface area contributed by atoms with E-state index >= 15 is 0 Å². The van der Waals surface area contributed by atoms with E-state index in [1.165, 1.54) is 0 Å². The largest absolute Gasteiger partial charge is 0.506 e. The van der Waals surface area contributed by atoms with Crippen LogP contribution in [0.5, 0.6) is 5.75 Å². The van der Waals surface area contributed by atoms with Crippen molar-refractivity contribution in [1.82, 2.24) is 4.98 Å². The van der Waals surface area contributed by atoms with Crippen molar-refractivity contribution in [3.63, 3.8) is 0 Å². The summed E-state index contributed by atoms with van der Waals surface area (Å²) in [6, 6.07) is 9.76. The fourth-order valence-corrected chi connectivity index (χ4v) is 1.91. The molecule has 1 aromatic heterocycles. The summed E-state index contributed by atoms with van der Waals surface area (Å²) in [4.78, 5) is 4.39. The Kier molecular flexibility index (Phi) is 3.11. The Morgan fingerprint density at radius 1 is 1.12 bits per heavy atom. The Balaban J connectivity index is 2.68. The number of aliphatic hydroxyl groups excluding tert-OH is 1. The number of rotatable bonds is 2. The summed E-state index contributed by atoms with van der Waals surface area (Å²) in [7, 11) is 0. The smallest absolute Gasteiger partial charge is 0.142 e. The molecule has 17 heavy (non-hydrogen) atoms. The van der Waals surface area contributed by atoms with Crippen LogP contribution in [0.3, 0.4) is 0 Å². The van der Waals surface area contributed by atoms with Crippen LogP contribution in [0.4, 0.5) is 0 Å². The van der Waals surface area contributed by atoms with Crippen molar-refractivity contribution in [3.05, 3.63) is 47.2 Å². The number of aliphatic hydroxyl groups is 1. The number of aryl methyl sites for hydroxylation is 1. The summed E-state index contributed by atoms with van der Waals surface area (Å²) in [6.45, 7) is 3.42. The minimum atomic E-state index is -0.180. The van der Waals surface area contributed by atoms with Gasteiger partial charge >= 0.3 is 0 Å². The van der Waals surface area contributed by atoms with Crippen LogP contribution in [-0.2, 0) is 6.61 Å². The van der Waals surface area contributed by atoms with Crippen molar-refractivity contribution >= 4 is 0 Å². The Hall–Kier alpha value is -1.87. The molecule has 0 atom stereocenters. The van der Waals surface area contributed by atoms with E-state index in [2.05, 4.69) is 4.98 Å². The van der Waals surface area contributed by atoms with Gasteiger partial charge in [0.25, 0.3) is 0 Å². The normalized spacial score (nSPS) is 10.5. The van der Waals surface area contributed by atoms with Gasteiger partial charge in [-0.3, -0.25) is 0 Å². The van der Waals surface area contributed by atoms with Gasteiger partial charge in [0.05, 0.1) is 18.0 Å². The molecule has 0 aliphatic rings. The molecule has 0 amide bonds. The van der Waals surface area contributed by atoms with Crippen molar-refractivity contribution in [2.24, 2.45) is 0 Å². The summed E-state index contributed by atoms with van der Waals surface area (Å²) < 4.78 is 0. The standard InChI is InChI=1S/C14H15NO2/c1-9-12(8-16)14(17)10(2)15-13(9)11-6-4-3-5-7-11/h3-7,16-17H,8H2,1-2H3. The highest BCUT2D eigenvalue weighted by molar-refractivity contribution is 5.66. The van der Waals surface area contributed by atoms with Crippen molar-refractivity contribution in [3.8, 4) is 17.0 Å². The van der Waals surface area contributed by atoms with Crippen molar-refractivity contribution < 1.29 is 10.2 Å². The van der Waals surface area contributed by atoms with Crippen LogP contribution in [0.1, 0.15) is 16.8 Å². The molecule has 3 heteroatoms. The number of hydrogen-bond donors (Lipinski definition) is 2. The van der Waals surface area contributed by atoms with Crippen molar-refractivity contribution in [1.29, 1.82) is 0 Å². The van der Waals surface area contributed by atoms with Gasteiger partial charge in [0, 0.05) is 11.1 Å². The van der Waals surface area contributed by atoms with Crippen LogP contribution in [0.15, 0.2) is 30.3 Å². The van der Waals surface area contributed by atoms with Crippen LogP contribution >= 0.6 is 0 Å². The van der Waals surface area contributed by atoms with Crippen LogP contribution in [0.25, 0.3) is 11.3 Å². The third-order valence-corrected chi connectivity index (χ3v) is 2.92. The lowest BCUT2D eigenvalue weighted by atomic mass is 10.0. The average Bonchev–Trinajstić information content (AvgIpc) is 2.36. The first-order chi connectivity index (χ1) is 8.15. The third-order valence-electron chi connectivity index (χ3n) is 2.92. The predicted octanol–water partition coefficient (Wildman–Crippen LogP) is 2.56. The zero-order valence-electron chi connectivity index (χ0n) is 9.94. The van der Waals surface area contributed by atoms with Gasteiger partial charge in [0.1, 0.15) is 5.75 Å². The van der Waals surface area contributed by atoms with E-state index in [-0.39, 0.29) is 12.4 Å². The second-order valence-corrected chi connectivity index (χ2v) is 4.02. The Morgan fingerprint density at radius 3 is 2.35 bits per heavy atom. The Labute approximate surface area is 100 Å². The lowest BCUT2D eigenvalue weighted by Gasteiger charge is -2.13. The van der Waals surface area contributed by atoms with Crippen LogP contribution in [0, 0.1) is 13.8 Å².